The number of carbonyl (C=O) groups excluding carboxylic acids is 2. The predicted octanol–water partition coefficient (Wildman–Crippen LogP) is 1.26. The van der Waals surface area contributed by atoms with Gasteiger partial charge in [0.05, 0.1) is 12.5 Å². The van der Waals surface area contributed by atoms with Gasteiger partial charge in [0, 0.05) is 7.05 Å². The van der Waals surface area contributed by atoms with E-state index in [9.17, 15) is 14.4 Å². The summed E-state index contributed by atoms with van der Waals surface area (Å²) in [6, 6.07) is -1.62. The fourth-order valence-electron chi connectivity index (χ4n) is 2.13. The van der Waals surface area contributed by atoms with Crippen molar-refractivity contribution < 1.29 is 24.2 Å². The second-order valence-electron chi connectivity index (χ2n) is 7.07. The van der Waals surface area contributed by atoms with E-state index in [2.05, 4.69) is 5.32 Å². The molecule has 2 N–H and O–H groups in total. The summed E-state index contributed by atoms with van der Waals surface area (Å²) >= 11 is 0. The van der Waals surface area contributed by atoms with Crippen molar-refractivity contribution >= 4 is 17.8 Å². The molecule has 134 valence electrons. The molecule has 0 aromatic heterocycles. The van der Waals surface area contributed by atoms with E-state index in [1.165, 1.54) is 11.9 Å². The quantitative estimate of drug-likeness (QED) is 0.651. The third-order valence-electron chi connectivity index (χ3n) is 3.22. The van der Waals surface area contributed by atoms with Crippen molar-refractivity contribution in [1.82, 2.24) is 10.2 Å². The predicted molar refractivity (Wildman–Crippen MR) is 87.0 cm³/mol. The summed E-state index contributed by atoms with van der Waals surface area (Å²) in [5.41, 5.74) is -0.752. The SMILES string of the molecule is CN[C@@H](CC(C)C)C(=O)N(C)[C@@H](CC(=O)O)C(=O)OC(C)(C)C. The largest absolute Gasteiger partial charge is 0.481 e. The lowest BCUT2D eigenvalue weighted by Gasteiger charge is -2.31. The van der Waals surface area contributed by atoms with Crippen LogP contribution in [0.2, 0.25) is 0 Å². The van der Waals surface area contributed by atoms with Gasteiger partial charge in [-0.1, -0.05) is 13.8 Å². The molecule has 23 heavy (non-hydrogen) atoms. The number of likely N-dealkylation sites (N-methyl/N-ethyl adjacent to an activating group) is 2. The van der Waals surface area contributed by atoms with Gasteiger partial charge in [-0.25, -0.2) is 4.79 Å². The van der Waals surface area contributed by atoms with Crippen molar-refractivity contribution in [3.05, 3.63) is 0 Å². The lowest BCUT2D eigenvalue weighted by atomic mass is 10.0. The number of nitrogens with zero attached hydrogens (tertiary/aromatic N) is 1. The van der Waals surface area contributed by atoms with Gasteiger partial charge in [0.2, 0.25) is 5.91 Å². The molecule has 7 nitrogen and oxygen atoms in total. The van der Waals surface area contributed by atoms with Gasteiger partial charge in [-0.2, -0.15) is 0 Å². The van der Waals surface area contributed by atoms with Crippen LogP contribution in [0.25, 0.3) is 0 Å². The first-order valence-electron chi connectivity index (χ1n) is 7.77. The first-order valence-corrected chi connectivity index (χ1v) is 7.77. The van der Waals surface area contributed by atoms with Crippen molar-refractivity contribution in [3.8, 4) is 0 Å². The average Bonchev–Trinajstić information content (AvgIpc) is 2.38. The summed E-state index contributed by atoms with van der Waals surface area (Å²) in [7, 11) is 3.10. The van der Waals surface area contributed by atoms with Crippen LogP contribution in [0.15, 0.2) is 0 Å². The van der Waals surface area contributed by atoms with Gasteiger partial charge in [-0.3, -0.25) is 9.59 Å². The van der Waals surface area contributed by atoms with Gasteiger partial charge in [0.1, 0.15) is 11.6 Å². The van der Waals surface area contributed by atoms with E-state index >= 15 is 0 Å². The molecule has 0 rings (SSSR count). The Kier molecular flexibility index (Phi) is 8.23. The van der Waals surface area contributed by atoms with Crippen LogP contribution in [0.5, 0.6) is 0 Å². The maximum absolute atomic E-state index is 12.6. The van der Waals surface area contributed by atoms with E-state index < -0.39 is 36.0 Å². The van der Waals surface area contributed by atoms with E-state index in [-0.39, 0.29) is 11.8 Å². The second kappa shape index (κ2) is 8.86. The minimum absolute atomic E-state index is 0.282. The summed E-state index contributed by atoms with van der Waals surface area (Å²) in [4.78, 5) is 37.1. The molecule has 0 spiro atoms. The smallest absolute Gasteiger partial charge is 0.329 e. The molecular weight excluding hydrogens is 300 g/mol. The van der Waals surface area contributed by atoms with Gasteiger partial charge in [0.25, 0.3) is 0 Å². The summed E-state index contributed by atoms with van der Waals surface area (Å²) in [5, 5.41) is 12.0. The molecule has 0 aromatic carbocycles. The number of ether oxygens (including phenoxy) is 1. The summed E-state index contributed by atoms with van der Waals surface area (Å²) in [6.45, 7) is 9.06. The number of esters is 1. The summed E-state index contributed by atoms with van der Waals surface area (Å²) in [5.74, 6) is -1.91. The third-order valence-corrected chi connectivity index (χ3v) is 3.22. The molecule has 1 amide bonds. The Balaban J connectivity index is 5.26. The van der Waals surface area contributed by atoms with Gasteiger partial charge in [-0.05, 0) is 40.2 Å². The Hall–Kier alpha value is -1.63. The van der Waals surface area contributed by atoms with Crippen molar-refractivity contribution in [3.63, 3.8) is 0 Å². The zero-order valence-corrected chi connectivity index (χ0v) is 15.2. The van der Waals surface area contributed by atoms with Crippen LogP contribution in [0.1, 0.15) is 47.5 Å². The number of hydrogen-bond donors (Lipinski definition) is 2. The Bertz CT molecular complexity index is 429. The van der Waals surface area contributed by atoms with Crippen molar-refractivity contribution in [1.29, 1.82) is 0 Å². The first kappa shape index (κ1) is 21.4. The molecular formula is C16H30N2O5. The molecule has 0 aliphatic carbocycles. The monoisotopic (exact) mass is 330 g/mol. The first-order chi connectivity index (χ1) is 10.4. The fraction of sp³-hybridized carbons (Fsp3) is 0.812. The molecule has 0 aromatic rings. The number of amides is 1. The highest BCUT2D eigenvalue weighted by Crippen LogP contribution is 2.15. The number of carbonyl (C=O) groups is 3. The van der Waals surface area contributed by atoms with Gasteiger partial charge < -0.3 is 20.1 Å². The molecule has 7 heteroatoms. The van der Waals surface area contributed by atoms with Crippen LogP contribution in [0.3, 0.4) is 0 Å². The van der Waals surface area contributed by atoms with E-state index in [4.69, 9.17) is 9.84 Å². The van der Waals surface area contributed by atoms with Crippen molar-refractivity contribution in [2.75, 3.05) is 14.1 Å². The second-order valence-corrected chi connectivity index (χ2v) is 7.07. The van der Waals surface area contributed by atoms with Gasteiger partial charge >= 0.3 is 11.9 Å². The lowest BCUT2D eigenvalue weighted by Crippen LogP contribution is -2.52. The topological polar surface area (TPSA) is 95.9 Å². The van der Waals surface area contributed by atoms with Crippen LogP contribution in [-0.4, -0.2) is 59.6 Å². The minimum atomic E-state index is -1.16. The molecule has 0 aliphatic rings. The minimum Gasteiger partial charge on any atom is -0.481 e. The summed E-state index contributed by atoms with van der Waals surface area (Å²) in [6.07, 6.45) is 0.100. The Morgan fingerprint density at radius 1 is 1.22 bits per heavy atom. The standard InChI is InChI=1S/C16H30N2O5/c1-10(2)8-11(17-6)14(21)18(7)12(9-13(19)20)15(22)23-16(3,4)5/h10-12,17H,8-9H2,1-7H3,(H,19,20)/t11-,12-/m0/s1. The number of carboxylic acid groups (broad SMARTS) is 1. The van der Waals surface area contributed by atoms with Crippen LogP contribution < -0.4 is 5.32 Å². The van der Waals surface area contributed by atoms with Crippen LogP contribution in [-0.2, 0) is 19.1 Å². The van der Waals surface area contributed by atoms with Crippen LogP contribution >= 0.6 is 0 Å². The summed E-state index contributed by atoms with van der Waals surface area (Å²) < 4.78 is 5.25. The third kappa shape index (κ3) is 7.97. The Morgan fingerprint density at radius 2 is 1.74 bits per heavy atom. The number of carboxylic acids is 1. The van der Waals surface area contributed by atoms with Gasteiger partial charge in [-0.15, -0.1) is 0 Å². The maximum Gasteiger partial charge on any atom is 0.329 e. The molecule has 0 heterocycles. The molecule has 0 bridgehead atoms. The highest BCUT2D eigenvalue weighted by atomic mass is 16.6. The van der Waals surface area contributed by atoms with E-state index in [1.807, 2.05) is 13.8 Å². The Morgan fingerprint density at radius 3 is 2.09 bits per heavy atom. The molecule has 0 fully saturated rings. The molecule has 0 radical (unpaired) electrons. The van der Waals surface area contributed by atoms with E-state index in [0.717, 1.165) is 0 Å². The highest BCUT2D eigenvalue weighted by Gasteiger charge is 2.35. The lowest BCUT2D eigenvalue weighted by molar-refractivity contribution is -0.167. The van der Waals surface area contributed by atoms with Crippen molar-refractivity contribution in [2.24, 2.45) is 5.92 Å². The van der Waals surface area contributed by atoms with Crippen LogP contribution in [0, 0.1) is 5.92 Å². The molecule has 0 unspecified atom stereocenters. The number of nitrogens with one attached hydrogen (secondary N) is 1. The molecule has 2 atom stereocenters. The average molecular weight is 330 g/mol. The van der Waals surface area contributed by atoms with E-state index in [0.29, 0.717) is 6.42 Å². The van der Waals surface area contributed by atoms with Crippen LogP contribution in [0.4, 0.5) is 0 Å². The maximum atomic E-state index is 12.6. The molecule has 0 saturated carbocycles. The highest BCUT2D eigenvalue weighted by molar-refractivity contribution is 5.89. The van der Waals surface area contributed by atoms with Gasteiger partial charge in [0.15, 0.2) is 0 Å². The number of rotatable bonds is 8. The molecule has 0 saturated heterocycles. The Labute approximate surface area is 138 Å². The zero-order valence-electron chi connectivity index (χ0n) is 15.2. The van der Waals surface area contributed by atoms with Crippen molar-refractivity contribution in [2.45, 2.75) is 65.1 Å². The fourth-order valence-corrected chi connectivity index (χ4v) is 2.13. The number of hydrogen-bond acceptors (Lipinski definition) is 5. The van der Waals surface area contributed by atoms with E-state index in [1.54, 1.807) is 27.8 Å². The number of aliphatic carboxylic acids is 1. The normalized spacial score (nSPS) is 14.3. The zero-order chi connectivity index (χ0) is 18.4. The molecule has 0 aliphatic heterocycles.